The minimum absolute atomic E-state index is 0.00566. The fourth-order valence-corrected chi connectivity index (χ4v) is 7.22. The van der Waals surface area contributed by atoms with Gasteiger partial charge in [-0.3, -0.25) is 29.8 Å². The van der Waals surface area contributed by atoms with Gasteiger partial charge in [0.2, 0.25) is 0 Å². The summed E-state index contributed by atoms with van der Waals surface area (Å²) in [5, 5.41) is 34.8. The Morgan fingerprint density at radius 3 is 1.60 bits per heavy atom. The molecule has 2 heterocycles. The summed E-state index contributed by atoms with van der Waals surface area (Å²) in [5.41, 5.74) is 1.78. The zero-order chi connectivity index (χ0) is 45.7. The molecule has 0 saturated heterocycles. The number of non-ortho nitro benzene ring substituents is 2. The van der Waals surface area contributed by atoms with E-state index >= 15 is 0 Å². The van der Waals surface area contributed by atoms with Crippen LogP contribution in [0.5, 0.6) is 0 Å². The number of carbonyl (C=O) groups is 4. The fraction of sp³-hybridized carbons (Fsp3) is 0.304. The van der Waals surface area contributed by atoms with Crippen LogP contribution in [0.4, 0.5) is 21.0 Å². The second-order valence-corrected chi connectivity index (χ2v) is 16.2. The first-order valence-electron chi connectivity index (χ1n) is 19.7. The maximum absolute atomic E-state index is 13.1. The van der Waals surface area contributed by atoms with Crippen LogP contribution in [0.2, 0.25) is 0 Å². The number of ether oxygens (including phenoxy) is 3. The molecule has 0 unspecified atom stereocenters. The number of aromatic nitrogens is 2. The standard InChI is InChI=1S/2C23H24N2O6/c1-5-30-20(26)13-15-11-17-14-18(16-9-7-6-8-10-16)24(22(27)31-23(2,3)4)21(17)19(12-15)25(28)29;1-5-31-18(26)13-14-11-16-19(23(2,3)4)20(15-9-7-6-8-10-15)24(22(27)28)21(16)17(12-14)25(29)30/h6-12,14H,5,13H2,1-4H3;6-12H,5,13H2,1-4H3,(H,27,28). The summed E-state index contributed by atoms with van der Waals surface area (Å²) >= 11 is 0. The topological polar surface area (TPSA) is 212 Å². The molecule has 0 aliphatic rings. The first-order valence-corrected chi connectivity index (χ1v) is 19.7. The predicted molar refractivity (Wildman–Crippen MR) is 232 cm³/mol. The van der Waals surface area contributed by atoms with Crippen LogP contribution in [0.15, 0.2) is 91.0 Å². The molecule has 6 rings (SSSR count). The number of nitro groups is 2. The van der Waals surface area contributed by atoms with Crippen molar-refractivity contribution in [1.82, 2.24) is 9.13 Å². The van der Waals surface area contributed by atoms with Gasteiger partial charge in [0.1, 0.15) is 16.6 Å². The Bertz CT molecular complexity index is 2690. The summed E-state index contributed by atoms with van der Waals surface area (Å²) < 4.78 is 17.7. The van der Waals surface area contributed by atoms with Gasteiger partial charge in [0.05, 0.1) is 47.3 Å². The van der Waals surface area contributed by atoms with Gasteiger partial charge in [-0.25, -0.2) is 18.7 Å². The number of nitrogens with zero attached hydrogens (tertiary/aromatic N) is 4. The highest BCUT2D eigenvalue weighted by atomic mass is 16.6. The van der Waals surface area contributed by atoms with Crippen LogP contribution in [-0.4, -0.2) is 67.0 Å². The van der Waals surface area contributed by atoms with Crippen LogP contribution in [0.25, 0.3) is 44.3 Å². The van der Waals surface area contributed by atoms with Crippen molar-refractivity contribution in [2.24, 2.45) is 0 Å². The van der Waals surface area contributed by atoms with E-state index in [2.05, 4.69) is 0 Å². The van der Waals surface area contributed by atoms with Crippen LogP contribution < -0.4 is 0 Å². The van der Waals surface area contributed by atoms with Crippen molar-refractivity contribution in [3.05, 3.63) is 128 Å². The molecule has 0 radical (unpaired) electrons. The number of carboxylic acid groups (broad SMARTS) is 1. The molecule has 0 saturated carbocycles. The molecular weight excluding hydrogens is 801 g/mol. The van der Waals surface area contributed by atoms with E-state index in [1.807, 2.05) is 45.0 Å². The Morgan fingerprint density at radius 1 is 0.661 bits per heavy atom. The molecule has 0 amide bonds. The average molecular weight is 849 g/mol. The SMILES string of the molecule is CCOC(=O)Cc1cc([N+](=O)[O-])c2c(c1)c(C(C)(C)C)c(-c1ccccc1)n2C(=O)O.CCOC(=O)Cc1cc([N+](=O)[O-])c2c(c1)cc(-c1ccccc1)n2C(=O)OC(C)(C)C. The van der Waals surface area contributed by atoms with E-state index in [1.54, 1.807) is 89.2 Å². The molecule has 0 bridgehead atoms. The van der Waals surface area contributed by atoms with E-state index in [0.29, 0.717) is 50.0 Å². The molecule has 324 valence electrons. The van der Waals surface area contributed by atoms with Gasteiger partial charge in [-0.2, -0.15) is 0 Å². The fourth-order valence-electron chi connectivity index (χ4n) is 7.22. The second-order valence-electron chi connectivity index (χ2n) is 16.2. The van der Waals surface area contributed by atoms with E-state index < -0.39 is 45.0 Å². The lowest BCUT2D eigenvalue weighted by molar-refractivity contribution is -0.383. The van der Waals surface area contributed by atoms with Gasteiger partial charge >= 0.3 is 24.1 Å². The summed E-state index contributed by atoms with van der Waals surface area (Å²) in [6.45, 7) is 14.7. The molecule has 62 heavy (non-hydrogen) atoms. The minimum atomic E-state index is -1.32. The monoisotopic (exact) mass is 848 g/mol. The summed E-state index contributed by atoms with van der Waals surface area (Å²) in [5.74, 6) is -0.986. The van der Waals surface area contributed by atoms with E-state index in [1.165, 1.54) is 16.7 Å². The highest BCUT2D eigenvalue weighted by molar-refractivity contribution is 6.05. The third kappa shape index (κ3) is 10.1. The minimum Gasteiger partial charge on any atom is -0.466 e. The van der Waals surface area contributed by atoms with E-state index in [4.69, 9.17) is 14.2 Å². The van der Waals surface area contributed by atoms with Gasteiger partial charge in [-0.05, 0) is 86.1 Å². The van der Waals surface area contributed by atoms with E-state index in [0.717, 1.165) is 4.57 Å². The van der Waals surface area contributed by atoms with Gasteiger partial charge in [-0.1, -0.05) is 81.4 Å². The lowest BCUT2D eigenvalue weighted by Gasteiger charge is -2.21. The molecule has 6 aromatic rings. The molecule has 0 atom stereocenters. The van der Waals surface area contributed by atoms with Gasteiger partial charge < -0.3 is 19.3 Å². The Hall–Kier alpha value is -7.36. The number of carbonyl (C=O) groups excluding carboxylic acids is 3. The highest BCUT2D eigenvalue weighted by Crippen LogP contribution is 2.44. The third-order valence-corrected chi connectivity index (χ3v) is 9.37. The normalized spacial score (nSPS) is 11.4. The summed E-state index contributed by atoms with van der Waals surface area (Å²) in [6.07, 6.45) is -2.29. The molecular formula is C46H48N4O12. The molecule has 16 heteroatoms. The number of benzene rings is 4. The lowest BCUT2D eigenvalue weighted by Crippen LogP contribution is -2.27. The van der Waals surface area contributed by atoms with Gasteiger partial charge in [0.15, 0.2) is 0 Å². The molecule has 4 aromatic carbocycles. The third-order valence-electron chi connectivity index (χ3n) is 9.37. The maximum Gasteiger partial charge on any atom is 0.419 e. The Kier molecular flexibility index (Phi) is 13.6. The number of esters is 2. The number of hydrogen-bond acceptors (Lipinski definition) is 11. The quantitative estimate of drug-likeness (QED) is 0.0590. The number of hydrogen-bond donors (Lipinski definition) is 1. The lowest BCUT2D eigenvalue weighted by atomic mass is 9.83. The average Bonchev–Trinajstić information content (AvgIpc) is 3.75. The smallest absolute Gasteiger partial charge is 0.419 e. The predicted octanol–water partition coefficient (Wildman–Crippen LogP) is 10.3. The number of rotatable bonds is 10. The zero-order valence-electron chi connectivity index (χ0n) is 35.7. The molecule has 16 nitrogen and oxygen atoms in total. The number of nitro benzene ring substituents is 2. The summed E-state index contributed by atoms with van der Waals surface area (Å²) in [7, 11) is 0. The molecule has 0 aliphatic heterocycles. The first-order chi connectivity index (χ1) is 29.2. The maximum atomic E-state index is 13.1. The molecule has 0 fully saturated rings. The van der Waals surface area contributed by atoms with Crippen molar-refractivity contribution in [3.63, 3.8) is 0 Å². The molecule has 2 aromatic heterocycles. The van der Waals surface area contributed by atoms with Crippen LogP contribution in [0.3, 0.4) is 0 Å². The second kappa shape index (κ2) is 18.5. The zero-order valence-corrected chi connectivity index (χ0v) is 35.7. The van der Waals surface area contributed by atoms with Crippen LogP contribution >= 0.6 is 0 Å². The van der Waals surface area contributed by atoms with Crippen LogP contribution in [0.1, 0.15) is 72.1 Å². The Balaban J connectivity index is 0.000000234. The first kappa shape index (κ1) is 45.7. The van der Waals surface area contributed by atoms with Crippen molar-refractivity contribution in [2.75, 3.05) is 13.2 Å². The summed E-state index contributed by atoms with van der Waals surface area (Å²) in [6, 6.07) is 25.6. The van der Waals surface area contributed by atoms with Gasteiger partial charge in [0, 0.05) is 22.9 Å². The van der Waals surface area contributed by atoms with E-state index in [-0.39, 0.29) is 48.5 Å². The highest BCUT2D eigenvalue weighted by Gasteiger charge is 2.34. The molecule has 1 N–H and O–H groups in total. The van der Waals surface area contributed by atoms with E-state index in [9.17, 15) is 44.5 Å². The van der Waals surface area contributed by atoms with Crippen molar-refractivity contribution in [1.29, 1.82) is 0 Å². The number of fused-ring (bicyclic) bond motifs is 2. The van der Waals surface area contributed by atoms with Crippen molar-refractivity contribution < 1.29 is 48.3 Å². The Labute approximate surface area is 356 Å². The molecule has 0 aliphatic carbocycles. The van der Waals surface area contributed by atoms with Crippen LogP contribution in [-0.2, 0) is 42.1 Å². The summed E-state index contributed by atoms with van der Waals surface area (Å²) in [4.78, 5) is 72.0. The van der Waals surface area contributed by atoms with Crippen molar-refractivity contribution in [2.45, 2.75) is 79.2 Å². The Morgan fingerprint density at radius 2 is 1.15 bits per heavy atom. The largest absolute Gasteiger partial charge is 0.466 e. The van der Waals surface area contributed by atoms with Crippen LogP contribution in [0, 0.1) is 20.2 Å². The van der Waals surface area contributed by atoms with Gasteiger partial charge in [0.25, 0.3) is 11.4 Å². The van der Waals surface area contributed by atoms with Gasteiger partial charge in [-0.15, -0.1) is 0 Å². The van der Waals surface area contributed by atoms with Crippen molar-refractivity contribution in [3.8, 4) is 22.5 Å². The molecule has 0 spiro atoms. The van der Waals surface area contributed by atoms with Crippen molar-refractivity contribution >= 4 is 57.3 Å².